The quantitative estimate of drug-likeness (QED) is 0.837. The number of fused-ring (bicyclic) bond motifs is 1. The van der Waals surface area contributed by atoms with Gasteiger partial charge in [-0.15, -0.1) is 0 Å². The molecule has 3 rings (SSSR count). The van der Waals surface area contributed by atoms with Crippen LogP contribution in [0.2, 0.25) is 10.0 Å². The molecule has 1 amide bonds. The number of carbonyl (C=O) groups is 1. The van der Waals surface area contributed by atoms with Gasteiger partial charge < -0.3 is 15.1 Å². The number of phenols is 1. The molecule has 2 aliphatic heterocycles. The first-order valence-electron chi connectivity index (χ1n) is 6.63. The number of carbonyl (C=O) groups excluding carboxylic acids is 1. The number of nitrogens with zero attached hydrogens (tertiary/aromatic N) is 1. The maximum Gasteiger partial charge on any atom is 0.223 e. The Morgan fingerprint density at radius 3 is 2.75 bits per heavy atom. The second kappa shape index (κ2) is 5.10. The van der Waals surface area contributed by atoms with Crippen molar-refractivity contribution in [2.24, 2.45) is 0 Å². The van der Waals surface area contributed by atoms with Gasteiger partial charge in [-0.2, -0.15) is 0 Å². The minimum atomic E-state index is -0.502. The lowest BCUT2D eigenvalue weighted by atomic mass is 9.92. The molecular formula is C14H15Cl2NO3. The van der Waals surface area contributed by atoms with Gasteiger partial charge in [0.05, 0.1) is 22.2 Å². The average Bonchev–Trinajstić information content (AvgIpc) is 2.85. The number of aromatic hydroxyl groups is 1. The van der Waals surface area contributed by atoms with Gasteiger partial charge in [-0.05, 0) is 25.0 Å². The van der Waals surface area contributed by atoms with Crippen LogP contribution in [0.3, 0.4) is 0 Å². The van der Waals surface area contributed by atoms with E-state index in [1.54, 1.807) is 11.0 Å². The SMILES string of the molecule is O=C1CC[C@@H](O)[C@@H]2C[C@H](c3c(O)ccc(Cl)c3Cl)CN12. The van der Waals surface area contributed by atoms with Crippen molar-refractivity contribution in [3.05, 3.63) is 27.7 Å². The lowest BCUT2D eigenvalue weighted by molar-refractivity contribution is -0.139. The number of piperidine rings is 1. The number of hydrogen-bond acceptors (Lipinski definition) is 3. The zero-order valence-electron chi connectivity index (χ0n) is 10.7. The number of aliphatic hydroxyl groups excluding tert-OH is 1. The van der Waals surface area contributed by atoms with Gasteiger partial charge in [0.25, 0.3) is 0 Å². The fourth-order valence-electron chi connectivity index (χ4n) is 3.28. The number of aliphatic hydroxyl groups is 1. The van der Waals surface area contributed by atoms with Gasteiger partial charge in [-0.3, -0.25) is 4.79 Å². The number of amides is 1. The number of benzene rings is 1. The third-order valence-electron chi connectivity index (χ3n) is 4.28. The highest BCUT2D eigenvalue weighted by atomic mass is 35.5. The number of halogens is 2. The van der Waals surface area contributed by atoms with Crippen LogP contribution in [0.1, 0.15) is 30.7 Å². The highest BCUT2D eigenvalue weighted by molar-refractivity contribution is 6.42. The summed E-state index contributed by atoms with van der Waals surface area (Å²) in [5.41, 5.74) is 0.577. The van der Waals surface area contributed by atoms with E-state index in [4.69, 9.17) is 23.2 Å². The molecular weight excluding hydrogens is 301 g/mol. The zero-order chi connectivity index (χ0) is 14.4. The molecule has 0 spiro atoms. The van der Waals surface area contributed by atoms with Crippen molar-refractivity contribution < 1.29 is 15.0 Å². The summed E-state index contributed by atoms with van der Waals surface area (Å²) in [7, 11) is 0. The minimum absolute atomic E-state index is 0.0560. The Morgan fingerprint density at radius 2 is 2.05 bits per heavy atom. The van der Waals surface area contributed by atoms with Crippen LogP contribution in [0.5, 0.6) is 5.75 Å². The molecule has 2 aliphatic rings. The largest absolute Gasteiger partial charge is 0.508 e. The molecule has 2 N–H and O–H groups in total. The van der Waals surface area contributed by atoms with Gasteiger partial charge in [0.1, 0.15) is 5.75 Å². The summed E-state index contributed by atoms with van der Waals surface area (Å²) in [6.45, 7) is 0.466. The lowest BCUT2D eigenvalue weighted by Gasteiger charge is -2.33. The van der Waals surface area contributed by atoms with E-state index < -0.39 is 6.10 Å². The summed E-state index contributed by atoms with van der Waals surface area (Å²) in [5, 5.41) is 20.8. The molecule has 0 radical (unpaired) electrons. The van der Waals surface area contributed by atoms with Crippen LogP contribution in [0.25, 0.3) is 0 Å². The Labute approximate surface area is 126 Å². The van der Waals surface area contributed by atoms with Crippen LogP contribution in [0.15, 0.2) is 12.1 Å². The molecule has 2 saturated heterocycles. The monoisotopic (exact) mass is 315 g/mol. The zero-order valence-corrected chi connectivity index (χ0v) is 12.2. The smallest absolute Gasteiger partial charge is 0.223 e. The molecule has 0 aromatic heterocycles. The molecule has 0 saturated carbocycles. The summed E-state index contributed by atoms with van der Waals surface area (Å²) in [4.78, 5) is 13.6. The summed E-state index contributed by atoms with van der Waals surface area (Å²) >= 11 is 12.2. The van der Waals surface area contributed by atoms with Crippen LogP contribution in [0.4, 0.5) is 0 Å². The Morgan fingerprint density at radius 1 is 1.30 bits per heavy atom. The second-order valence-corrected chi connectivity index (χ2v) is 6.23. The predicted molar refractivity (Wildman–Crippen MR) is 76.2 cm³/mol. The van der Waals surface area contributed by atoms with Crippen LogP contribution in [-0.4, -0.2) is 39.7 Å². The van der Waals surface area contributed by atoms with Gasteiger partial charge >= 0.3 is 0 Å². The predicted octanol–water partition coefficient (Wildman–Crippen LogP) is 2.54. The molecule has 4 nitrogen and oxygen atoms in total. The van der Waals surface area contributed by atoms with E-state index in [1.165, 1.54) is 6.07 Å². The van der Waals surface area contributed by atoms with Crippen LogP contribution in [0, 0.1) is 0 Å². The fraction of sp³-hybridized carbons (Fsp3) is 0.500. The molecule has 2 fully saturated rings. The molecule has 0 bridgehead atoms. The van der Waals surface area contributed by atoms with E-state index in [0.717, 1.165) is 0 Å². The van der Waals surface area contributed by atoms with E-state index in [-0.39, 0.29) is 23.6 Å². The topological polar surface area (TPSA) is 60.8 Å². The summed E-state index contributed by atoms with van der Waals surface area (Å²) in [6.07, 6.45) is 0.972. The lowest BCUT2D eigenvalue weighted by Crippen LogP contribution is -2.47. The average molecular weight is 316 g/mol. The summed E-state index contributed by atoms with van der Waals surface area (Å²) in [6, 6.07) is 2.88. The van der Waals surface area contributed by atoms with Gasteiger partial charge in [0.2, 0.25) is 5.91 Å². The standard InChI is InChI=1S/C14H15Cl2NO3/c15-8-1-2-11(19)13(14(8)16)7-5-9-10(18)3-4-12(20)17(9)6-7/h1-2,7,9-10,18-19H,3-6H2/t7-,9-,10+/m0/s1. The first kappa shape index (κ1) is 14.0. The van der Waals surface area contributed by atoms with Crippen molar-refractivity contribution in [1.82, 2.24) is 4.90 Å². The van der Waals surface area contributed by atoms with Gasteiger partial charge in [-0.1, -0.05) is 23.2 Å². The van der Waals surface area contributed by atoms with Gasteiger partial charge in [0, 0.05) is 24.4 Å². The van der Waals surface area contributed by atoms with Crippen molar-refractivity contribution in [3.8, 4) is 5.75 Å². The van der Waals surface area contributed by atoms with Gasteiger partial charge in [-0.25, -0.2) is 0 Å². The minimum Gasteiger partial charge on any atom is -0.508 e. The molecule has 1 aromatic rings. The molecule has 6 heteroatoms. The second-order valence-electron chi connectivity index (χ2n) is 5.45. The Kier molecular flexibility index (Phi) is 3.56. The van der Waals surface area contributed by atoms with E-state index in [2.05, 4.69) is 0 Å². The maximum absolute atomic E-state index is 11.9. The van der Waals surface area contributed by atoms with Crippen molar-refractivity contribution >= 4 is 29.1 Å². The summed E-state index contributed by atoms with van der Waals surface area (Å²) in [5.74, 6) is 0.0505. The van der Waals surface area contributed by atoms with Crippen molar-refractivity contribution in [3.63, 3.8) is 0 Å². The molecule has 0 aliphatic carbocycles. The molecule has 1 aromatic carbocycles. The third-order valence-corrected chi connectivity index (χ3v) is 5.10. The Bertz CT molecular complexity index is 564. The van der Waals surface area contributed by atoms with Crippen molar-refractivity contribution in [1.29, 1.82) is 0 Å². The number of rotatable bonds is 1. The van der Waals surface area contributed by atoms with Crippen LogP contribution < -0.4 is 0 Å². The van der Waals surface area contributed by atoms with Crippen LogP contribution >= 0.6 is 23.2 Å². The Hall–Kier alpha value is -0.970. The first-order chi connectivity index (χ1) is 9.49. The maximum atomic E-state index is 11.9. The van der Waals surface area contributed by atoms with E-state index >= 15 is 0 Å². The van der Waals surface area contributed by atoms with Crippen molar-refractivity contribution in [2.75, 3.05) is 6.54 Å². The Balaban J connectivity index is 1.94. The third kappa shape index (κ3) is 2.16. The fourth-order valence-corrected chi connectivity index (χ4v) is 3.76. The number of hydrogen-bond donors (Lipinski definition) is 2. The van der Waals surface area contributed by atoms with Crippen molar-refractivity contribution in [2.45, 2.75) is 37.3 Å². The van der Waals surface area contributed by atoms with E-state index in [9.17, 15) is 15.0 Å². The van der Waals surface area contributed by atoms with E-state index in [1.807, 2.05) is 0 Å². The molecule has 2 heterocycles. The highest BCUT2D eigenvalue weighted by Gasteiger charge is 2.43. The molecule has 0 unspecified atom stereocenters. The molecule has 3 atom stereocenters. The number of phenolic OH excluding ortho intramolecular Hbond substituents is 1. The normalized spacial score (nSPS) is 29.6. The molecule has 108 valence electrons. The van der Waals surface area contributed by atoms with Crippen LogP contribution in [-0.2, 0) is 4.79 Å². The first-order valence-corrected chi connectivity index (χ1v) is 7.39. The highest BCUT2D eigenvalue weighted by Crippen LogP contribution is 2.44. The van der Waals surface area contributed by atoms with Gasteiger partial charge in [0.15, 0.2) is 0 Å². The summed E-state index contributed by atoms with van der Waals surface area (Å²) < 4.78 is 0. The molecule has 20 heavy (non-hydrogen) atoms. The van der Waals surface area contributed by atoms with E-state index in [0.29, 0.717) is 41.4 Å².